The summed E-state index contributed by atoms with van der Waals surface area (Å²) < 4.78 is 6.71. The van der Waals surface area contributed by atoms with Gasteiger partial charge in [0, 0.05) is 28.7 Å². The van der Waals surface area contributed by atoms with Crippen LogP contribution in [0.2, 0.25) is 0 Å². The zero-order chi connectivity index (χ0) is 26.2. The van der Waals surface area contributed by atoms with E-state index >= 15 is 0 Å². The Morgan fingerprint density at radius 1 is 1.17 bits per heavy atom. The van der Waals surface area contributed by atoms with Crippen molar-refractivity contribution in [1.82, 2.24) is 4.90 Å². The second-order valence-electron chi connectivity index (χ2n) is 7.82. The van der Waals surface area contributed by atoms with Gasteiger partial charge in [0.05, 0.1) is 21.5 Å². The number of esters is 1. The maximum Gasteiger partial charge on any atom is 0.338 e. The minimum absolute atomic E-state index is 0.0525. The number of nitrogens with zero attached hydrogens (tertiary/aromatic N) is 1. The second kappa shape index (κ2) is 13.4. The van der Waals surface area contributed by atoms with Gasteiger partial charge in [-0.15, -0.1) is 0 Å². The number of anilines is 1. The van der Waals surface area contributed by atoms with Gasteiger partial charge in [-0.1, -0.05) is 46.3 Å². The molecule has 2 aromatic rings. The molecule has 0 atom stereocenters. The van der Waals surface area contributed by atoms with Crippen molar-refractivity contribution in [2.45, 2.75) is 32.6 Å². The van der Waals surface area contributed by atoms with Crippen LogP contribution in [0.3, 0.4) is 0 Å². The minimum atomic E-state index is -0.397. The van der Waals surface area contributed by atoms with Gasteiger partial charge in [0.25, 0.3) is 5.91 Å². The van der Waals surface area contributed by atoms with E-state index < -0.39 is 5.97 Å². The summed E-state index contributed by atoms with van der Waals surface area (Å²) in [7, 11) is 0. The van der Waals surface area contributed by atoms with Gasteiger partial charge in [0.1, 0.15) is 10.1 Å². The molecule has 7 nitrogen and oxygen atoms in total. The zero-order valence-corrected chi connectivity index (χ0v) is 24.2. The predicted molar refractivity (Wildman–Crippen MR) is 153 cm³/mol. The van der Waals surface area contributed by atoms with Gasteiger partial charge < -0.3 is 15.2 Å². The number of phenols is 1. The Bertz CT molecular complexity index is 1200. The Kier molecular flexibility index (Phi) is 10.5. The lowest BCUT2D eigenvalue weighted by atomic mass is 10.1. The second-order valence-corrected chi connectivity index (χ2v) is 11.3. The van der Waals surface area contributed by atoms with Crippen LogP contribution in [0.5, 0.6) is 5.75 Å². The average molecular weight is 656 g/mol. The SMILES string of the molecule is CCOC(=O)c1ccc(NC(=O)CCCCCN2C(=O)/C(=C/c3cc(Br)cc(Br)c3O)SC2=S)cc1. The summed E-state index contributed by atoms with van der Waals surface area (Å²) in [6.45, 7) is 2.52. The number of ether oxygens (including phenoxy) is 1. The monoisotopic (exact) mass is 654 g/mol. The number of nitrogens with one attached hydrogen (secondary N) is 1. The van der Waals surface area contributed by atoms with Crippen LogP contribution < -0.4 is 5.32 Å². The molecular formula is C25H24Br2N2O5S2. The molecule has 1 aliphatic rings. The highest BCUT2D eigenvalue weighted by atomic mass is 79.9. The molecule has 1 aliphatic heterocycles. The Morgan fingerprint density at radius 2 is 1.89 bits per heavy atom. The standard InChI is InChI=1S/C25H24Br2N2O5S2/c1-2-34-24(33)15-7-9-18(10-8-15)28-21(30)6-4-3-5-11-29-23(32)20(36-25(29)35)13-16-12-17(26)14-19(27)22(16)31/h7-10,12-14,31H,2-6,11H2,1H3,(H,28,30)/b20-13-. The van der Waals surface area contributed by atoms with E-state index in [1.165, 1.54) is 11.8 Å². The van der Waals surface area contributed by atoms with Crippen molar-refractivity contribution in [2.24, 2.45) is 0 Å². The van der Waals surface area contributed by atoms with Gasteiger partial charge in [-0.2, -0.15) is 0 Å². The number of hydrogen-bond donors (Lipinski definition) is 2. The number of carbonyl (C=O) groups is 3. The van der Waals surface area contributed by atoms with Crippen LogP contribution in [0.25, 0.3) is 6.08 Å². The number of halogens is 2. The highest BCUT2D eigenvalue weighted by Gasteiger charge is 2.31. The summed E-state index contributed by atoms with van der Waals surface area (Å²) in [4.78, 5) is 38.8. The summed E-state index contributed by atoms with van der Waals surface area (Å²) in [5.74, 6) is -0.652. The van der Waals surface area contributed by atoms with E-state index in [-0.39, 0.29) is 17.6 Å². The number of aromatic hydroxyl groups is 1. The smallest absolute Gasteiger partial charge is 0.338 e. The third kappa shape index (κ3) is 7.64. The van der Waals surface area contributed by atoms with Gasteiger partial charge in [-0.3, -0.25) is 14.5 Å². The Hall–Kier alpha value is -2.21. The highest BCUT2D eigenvalue weighted by molar-refractivity contribution is 9.11. The molecule has 0 spiro atoms. The van der Waals surface area contributed by atoms with Crippen molar-refractivity contribution >= 4 is 89.7 Å². The van der Waals surface area contributed by atoms with E-state index in [0.717, 1.165) is 10.9 Å². The Balaban J connectivity index is 1.43. The fourth-order valence-corrected chi connectivity index (χ4v) is 5.95. The molecule has 1 fully saturated rings. The van der Waals surface area contributed by atoms with E-state index in [1.807, 2.05) is 0 Å². The summed E-state index contributed by atoms with van der Waals surface area (Å²) >= 11 is 13.3. The van der Waals surface area contributed by atoms with Crippen LogP contribution >= 0.6 is 55.8 Å². The first-order chi connectivity index (χ1) is 17.2. The lowest BCUT2D eigenvalue weighted by Gasteiger charge is -2.14. The highest BCUT2D eigenvalue weighted by Crippen LogP contribution is 2.37. The lowest BCUT2D eigenvalue weighted by molar-refractivity contribution is -0.122. The number of amides is 2. The first-order valence-corrected chi connectivity index (χ1v) is 14.0. The van der Waals surface area contributed by atoms with Crippen LogP contribution in [-0.4, -0.2) is 45.3 Å². The van der Waals surface area contributed by atoms with Crippen molar-refractivity contribution in [3.8, 4) is 5.75 Å². The normalized spacial score (nSPS) is 14.4. The summed E-state index contributed by atoms with van der Waals surface area (Å²) in [5.41, 5.74) is 1.56. The van der Waals surface area contributed by atoms with Crippen LogP contribution in [0, 0.1) is 0 Å². The molecule has 0 aromatic heterocycles. The van der Waals surface area contributed by atoms with E-state index in [9.17, 15) is 19.5 Å². The van der Waals surface area contributed by atoms with Gasteiger partial charge in [0.2, 0.25) is 5.91 Å². The molecule has 36 heavy (non-hydrogen) atoms. The van der Waals surface area contributed by atoms with Gasteiger partial charge in [-0.05, 0) is 78.2 Å². The fourth-order valence-electron chi connectivity index (χ4n) is 3.39. The Morgan fingerprint density at radius 3 is 2.58 bits per heavy atom. The quantitative estimate of drug-likeness (QED) is 0.131. The molecule has 2 aromatic carbocycles. The molecule has 190 valence electrons. The zero-order valence-electron chi connectivity index (χ0n) is 19.4. The van der Waals surface area contributed by atoms with Crippen LogP contribution in [0.15, 0.2) is 50.2 Å². The third-order valence-electron chi connectivity index (χ3n) is 5.18. The van der Waals surface area contributed by atoms with Crippen molar-refractivity contribution in [3.05, 3.63) is 61.4 Å². The van der Waals surface area contributed by atoms with Gasteiger partial charge in [0.15, 0.2) is 0 Å². The molecule has 2 amide bonds. The number of phenolic OH excluding ortho intramolecular Hbond substituents is 1. The van der Waals surface area contributed by atoms with Crippen LogP contribution in [0.4, 0.5) is 5.69 Å². The number of carbonyl (C=O) groups excluding carboxylic acids is 3. The molecule has 0 bridgehead atoms. The molecule has 1 saturated heterocycles. The van der Waals surface area contributed by atoms with Crippen LogP contribution in [0.1, 0.15) is 48.5 Å². The van der Waals surface area contributed by atoms with Crippen molar-refractivity contribution in [2.75, 3.05) is 18.5 Å². The maximum atomic E-state index is 12.8. The van der Waals surface area contributed by atoms with E-state index in [2.05, 4.69) is 37.2 Å². The van der Waals surface area contributed by atoms with Crippen molar-refractivity contribution in [1.29, 1.82) is 0 Å². The van der Waals surface area contributed by atoms with E-state index in [4.69, 9.17) is 17.0 Å². The number of rotatable bonds is 10. The molecular weight excluding hydrogens is 632 g/mol. The number of hydrogen-bond acceptors (Lipinski definition) is 7. The van der Waals surface area contributed by atoms with Crippen LogP contribution in [-0.2, 0) is 14.3 Å². The lowest BCUT2D eigenvalue weighted by Crippen LogP contribution is -2.29. The maximum absolute atomic E-state index is 12.8. The van der Waals surface area contributed by atoms with Gasteiger partial charge >= 0.3 is 5.97 Å². The molecule has 0 radical (unpaired) electrons. The largest absolute Gasteiger partial charge is 0.506 e. The number of thiocarbonyl (C=S) groups is 1. The first kappa shape index (κ1) is 28.4. The average Bonchev–Trinajstić information content (AvgIpc) is 3.09. The summed E-state index contributed by atoms with van der Waals surface area (Å²) in [5, 5.41) is 13.1. The van der Waals surface area contributed by atoms with E-state index in [0.29, 0.717) is 62.9 Å². The predicted octanol–water partition coefficient (Wildman–Crippen LogP) is 6.49. The third-order valence-corrected chi connectivity index (χ3v) is 7.62. The van der Waals surface area contributed by atoms with Crippen molar-refractivity contribution < 1.29 is 24.2 Å². The summed E-state index contributed by atoms with van der Waals surface area (Å²) in [6.07, 6.45) is 4.10. The number of benzene rings is 2. The topological polar surface area (TPSA) is 95.9 Å². The Labute approximate surface area is 235 Å². The molecule has 0 aliphatic carbocycles. The van der Waals surface area contributed by atoms with E-state index in [1.54, 1.807) is 54.3 Å². The number of unbranched alkanes of at least 4 members (excludes halogenated alkanes) is 2. The van der Waals surface area contributed by atoms with Crippen molar-refractivity contribution in [3.63, 3.8) is 0 Å². The molecule has 1 heterocycles. The summed E-state index contributed by atoms with van der Waals surface area (Å²) in [6, 6.07) is 10.0. The molecule has 0 saturated carbocycles. The molecule has 3 rings (SSSR count). The van der Waals surface area contributed by atoms with Gasteiger partial charge in [-0.25, -0.2) is 4.79 Å². The number of thioether (sulfide) groups is 1. The molecule has 0 unspecified atom stereocenters. The fraction of sp³-hybridized carbons (Fsp3) is 0.280. The minimum Gasteiger partial charge on any atom is -0.506 e. The molecule has 2 N–H and O–H groups in total. The first-order valence-electron chi connectivity index (χ1n) is 11.2. The molecule has 11 heteroatoms.